The normalized spacial score (nSPS) is 36.3. The van der Waals surface area contributed by atoms with Gasteiger partial charge in [0.2, 0.25) is 0 Å². The molecule has 9 nitrogen and oxygen atoms in total. The number of aliphatic hydroxyl groups excluding tert-OH is 1. The van der Waals surface area contributed by atoms with Crippen LogP contribution in [0.1, 0.15) is 57.2 Å². The zero-order valence-corrected chi connectivity index (χ0v) is 24.0. The van der Waals surface area contributed by atoms with Gasteiger partial charge in [-0.1, -0.05) is 37.2 Å². The molecule has 40 heavy (non-hydrogen) atoms. The van der Waals surface area contributed by atoms with Gasteiger partial charge in [-0.2, -0.15) is 5.10 Å². The maximum atomic E-state index is 13.6. The van der Waals surface area contributed by atoms with Crippen molar-refractivity contribution in [2.45, 2.75) is 69.2 Å². The fourth-order valence-electron chi connectivity index (χ4n) is 8.96. The highest BCUT2D eigenvalue weighted by molar-refractivity contribution is 7.99. The Kier molecular flexibility index (Phi) is 5.93. The number of hydrogen-bond donors (Lipinski definition) is 2. The number of pyridine rings is 1. The molecule has 0 spiro atoms. The van der Waals surface area contributed by atoms with E-state index in [2.05, 4.69) is 40.2 Å². The molecule has 210 valence electrons. The van der Waals surface area contributed by atoms with Crippen molar-refractivity contribution in [1.29, 1.82) is 0 Å². The Hall–Kier alpha value is -2.82. The van der Waals surface area contributed by atoms with Crippen LogP contribution in [0.25, 0.3) is 11.9 Å². The molecule has 5 unspecified atom stereocenters. The van der Waals surface area contributed by atoms with E-state index in [0.29, 0.717) is 18.0 Å². The molecule has 3 fully saturated rings. The van der Waals surface area contributed by atoms with E-state index in [1.807, 2.05) is 36.1 Å². The Balaban J connectivity index is 1.17. The summed E-state index contributed by atoms with van der Waals surface area (Å²) in [5.41, 5.74) is 1.33. The minimum atomic E-state index is -1.45. The third-order valence-electron chi connectivity index (χ3n) is 10.9. The SMILES string of the molecule is Cn1cnnc1SCC(=O)[C@@]1(O)CCC2C3CCC4=Cc5c(cnn5-c5ccccn5)CC4(C)C3[C@@H](O)CC21C. The van der Waals surface area contributed by atoms with Gasteiger partial charge in [0.05, 0.1) is 23.7 Å². The first-order chi connectivity index (χ1) is 19.2. The van der Waals surface area contributed by atoms with Crippen LogP contribution in [0.3, 0.4) is 0 Å². The highest BCUT2D eigenvalue weighted by atomic mass is 32.2. The quantitative estimate of drug-likeness (QED) is 0.454. The standard InChI is InChI=1S/C30H36N6O3S/c1-28-13-18-15-33-36(25-6-4-5-11-31-25)22(18)12-19(28)7-8-20-21-9-10-30(39,29(21,2)14-23(37)26(20)28)24(38)16-40-27-34-32-17-35(27)3/h4-6,11-12,15,17,20-21,23,26,37,39H,7-10,13-14,16H2,1-3H3/t20?,21?,23-,26?,28?,29?,30-/m0/s1. The number of Topliss-reactive ketones (excluding diaryl/α,β-unsaturated/α-hetero) is 1. The number of fused-ring (bicyclic) bond motifs is 6. The first-order valence-electron chi connectivity index (χ1n) is 14.3. The van der Waals surface area contributed by atoms with Crippen LogP contribution in [0, 0.1) is 28.6 Å². The fourth-order valence-corrected chi connectivity index (χ4v) is 9.82. The summed E-state index contributed by atoms with van der Waals surface area (Å²) in [7, 11) is 1.84. The zero-order chi connectivity index (χ0) is 27.9. The molecule has 0 saturated heterocycles. The Morgan fingerprint density at radius 2 is 2.10 bits per heavy atom. The minimum absolute atomic E-state index is 0.0717. The van der Waals surface area contributed by atoms with Gasteiger partial charge in [0.25, 0.3) is 0 Å². The molecular weight excluding hydrogens is 524 g/mol. The van der Waals surface area contributed by atoms with Crippen LogP contribution < -0.4 is 0 Å². The first kappa shape index (κ1) is 26.1. The number of aliphatic hydroxyl groups is 2. The second-order valence-corrected chi connectivity index (χ2v) is 13.7. The van der Waals surface area contributed by atoms with Gasteiger partial charge in [-0.3, -0.25) is 4.79 Å². The van der Waals surface area contributed by atoms with Gasteiger partial charge in [0, 0.05) is 18.7 Å². The van der Waals surface area contributed by atoms with Crippen molar-refractivity contribution >= 4 is 23.6 Å². The number of nitrogens with zero attached hydrogens (tertiary/aromatic N) is 6. The second-order valence-electron chi connectivity index (χ2n) is 12.8. The molecule has 2 N–H and O–H groups in total. The number of thioether (sulfide) groups is 1. The summed E-state index contributed by atoms with van der Waals surface area (Å²) < 4.78 is 3.70. The molecule has 3 saturated carbocycles. The van der Waals surface area contributed by atoms with E-state index in [1.165, 1.54) is 22.9 Å². The highest BCUT2D eigenvalue weighted by Gasteiger charge is 2.68. The third kappa shape index (κ3) is 3.58. The molecule has 0 aromatic carbocycles. The summed E-state index contributed by atoms with van der Waals surface area (Å²) in [4.78, 5) is 18.1. The molecule has 4 aliphatic rings. The van der Waals surface area contributed by atoms with Crippen molar-refractivity contribution in [2.24, 2.45) is 35.6 Å². The number of ketones is 1. The Morgan fingerprint density at radius 1 is 1.25 bits per heavy atom. The van der Waals surface area contributed by atoms with Crippen LogP contribution in [-0.2, 0) is 18.3 Å². The fraction of sp³-hybridized carbons (Fsp3) is 0.567. The average Bonchev–Trinajstić information content (AvgIpc) is 3.61. The minimum Gasteiger partial charge on any atom is -0.393 e. The molecule has 0 aliphatic heterocycles. The smallest absolute Gasteiger partial charge is 0.191 e. The van der Waals surface area contributed by atoms with Gasteiger partial charge >= 0.3 is 0 Å². The predicted octanol–water partition coefficient (Wildman–Crippen LogP) is 3.64. The summed E-state index contributed by atoms with van der Waals surface area (Å²) in [6.07, 6.45) is 11.4. The van der Waals surface area contributed by atoms with Crippen molar-refractivity contribution in [3.05, 3.63) is 53.8 Å². The van der Waals surface area contributed by atoms with Crippen LogP contribution >= 0.6 is 11.8 Å². The number of allylic oxidation sites excluding steroid dienone is 1. The molecule has 4 aliphatic carbocycles. The Bertz CT molecular complexity index is 1500. The summed E-state index contributed by atoms with van der Waals surface area (Å²) in [6.45, 7) is 4.37. The molecule has 0 radical (unpaired) electrons. The third-order valence-corrected chi connectivity index (χ3v) is 11.9. The van der Waals surface area contributed by atoms with Crippen molar-refractivity contribution in [3.63, 3.8) is 0 Å². The van der Waals surface area contributed by atoms with Crippen molar-refractivity contribution < 1.29 is 15.0 Å². The van der Waals surface area contributed by atoms with E-state index < -0.39 is 17.1 Å². The van der Waals surface area contributed by atoms with E-state index >= 15 is 0 Å². The van der Waals surface area contributed by atoms with Crippen molar-refractivity contribution in [1.82, 2.24) is 29.5 Å². The van der Waals surface area contributed by atoms with Crippen molar-refractivity contribution in [2.75, 3.05) is 5.75 Å². The van der Waals surface area contributed by atoms with E-state index in [9.17, 15) is 15.0 Å². The van der Waals surface area contributed by atoms with Crippen LogP contribution in [0.4, 0.5) is 0 Å². The summed E-state index contributed by atoms with van der Waals surface area (Å²) >= 11 is 1.31. The van der Waals surface area contributed by atoms with Crippen LogP contribution in [-0.4, -0.2) is 63.0 Å². The number of hydrogen-bond acceptors (Lipinski definition) is 8. The number of aromatic nitrogens is 6. The lowest BCUT2D eigenvalue weighted by Gasteiger charge is -2.60. The molecule has 0 amide bonds. The highest BCUT2D eigenvalue weighted by Crippen LogP contribution is 2.67. The van der Waals surface area contributed by atoms with Gasteiger partial charge < -0.3 is 14.8 Å². The molecule has 3 aromatic heterocycles. The van der Waals surface area contributed by atoms with E-state index in [-0.39, 0.29) is 34.7 Å². The van der Waals surface area contributed by atoms with Crippen LogP contribution in [0.15, 0.2) is 47.6 Å². The van der Waals surface area contributed by atoms with E-state index in [0.717, 1.165) is 37.2 Å². The molecule has 3 heterocycles. The summed E-state index contributed by atoms with van der Waals surface area (Å²) in [5, 5.41) is 37.2. The molecule has 10 heteroatoms. The van der Waals surface area contributed by atoms with Crippen molar-refractivity contribution in [3.8, 4) is 5.82 Å². The first-order valence-corrected chi connectivity index (χ1v) is 15.2. The maximum Gasteiger partial charge on any atom is 0.191 e. The van der Waals surface area contributed by atoms with Crippen LogP contribution in [0.5, 0.6) is 0 Å². The number of rotatable bonds is 5. The average molecular weight is 561 g/mol. The molecular formula is C30H36N6O3S. The predicted molar refractivity (Wildman–Crippen MR) is 150 cm³/mol. The van der Waals surface area contributed by atoms with Gasteiger partial charge in [-0.25, -0.2) is 9.67 Å². The number of carbonyl (C=O) groups excluding carboxylic acids is 1. The summed E-state index contributed by atoms with van der Waals surface area (Å²) in [6, 6.07) is 5.85. The lowest BCUT2D eigenvalue weighted by atomic mass is 9.45. The van der Waals surface area contributed by atoms with E-state index in [4.69, 9.17) is 0 Å². The molecule has 0 bridgehead atoms. The lowest BCUT2D eigenvalue weighted by Crippen LogP contribution is -2.62. The Morgan fingerprint density at radius 3 is 2.85 bits per heavy atom. The van der Waals surface area contributed by atoms with Crippen LogP contribution in [0.2, 0.25) is 0 Å². The lowest BCUT2D eigenvalue weighted by molar-refractivity contribution is -0.177. The molecule has 3 aromatic rings. The monoisotopic (exact) mass is 560 g/mol. The van der Waals surface area contributed by atoms with Gasteiger partial charge in [-0.15, -0.1) is 10.2 Å². The van der Waals surface area contributed by atoms with E-state index in [1.54, 1.807) is 17.1 Å². The summed E-state index contributed by atoms with van der Waals surface area (Å²) in [5.74, 6) is 1.29. The molecule has 7 atom stereocenters. The molecule has 7 rings (SSSR count). The second kappa shape index (κ2) is 9.09. The number of carbonyl (C=O) groups is 1. The topological polar surface area (TPSA) is 119 Å². The number of aryl methyl sites for hydroxylation is 1. The van der Waals surface area contributed by atoms with Gasteiger partial charge in [0.15, 0.2) is 16.8 Å². The largest absolute Gasteiger partial charge is 0.393 e. The maximum absolute atomic E-state index is 13.6. The zero-order valence-electron chi connectivity index (χ0n) is 23.2. The van der Waals surface area contributed by atoms with Gasteiger partial charge in [0.1, 0.15) is 11.9 Å². The Labute approximate surface area is 238 Å². The van der Waals surface area contributed by atoms with Gasteiger partial charge in [-0.05, 0) is 85.5 Å².